The molecule has 2 aromatic rings. The van der Waals surface area contributed by atoms with Crippen LogP contribution in [0.25, 0.3) is 10.8 Å². The Hall–Kier alpha value is -2.10. The summed E-state index contributed by atoms with van der Waals surface area (Å²) in [5.74, 6) is -0.277. The molecule has 0 fully saturated rings. The van der Waals surface area contributed by atoms with E-state index in [1.807, 2.05) is 0 Å². The average molecular weight is 261 g/mol. The third-order valence-electron chi connectivity index (χ3n) is 2.45. The Labute approximate surface area is 111 Å². The van der Waals surface area contributed by atoms with Gasteiger partial charge in [-0.25, -0.2) is 9.18 Å². The predicted octanol–water partition coefficient (Wildman–Crippen LogP) is 4.33. The lowest BCUT2D eigenvalue weighted by molar-refractivity contribution is 0.0636. The first-order valence-corrected chi connectivity index (χ1v) is 6.03. The maximum atomic E-state index is 13.0. The van der Waals surface area contributed by atoms with Crippen molar-refractivity contribution in [3.8, 4) is 0 Å². The molecule has 1 N–H and O–H groups in total. The van der Waals surface area contributed by atoms with E-state index in [4.69, 9.17) is 4.74 Å². The molecule has 100 valence electrons. The van der Waals surface area contributed by atoms with Gasteiger partial charge in [-0.05, 0) is 55.8 Å². The summed E-state index contributed by atoms with van der Waals surface area (Å²) >= 11 is 0. The number of carbonyl (C=O) groups is 1. The third-order valence-corrected chi connectivity index (χ3v) is 2.45. The van der Waals surface area contributed by atoms with Gasteiger partial charge in [-0.2, -0.15) is 0 Å². The summed E-state index contributed by atoms with van der Waals surface area (Å²) in [5, 5.41) is 4.29. The van der Waals surface area contributed by atoms with Crippen molar-refractivity contribution in [3.05, 3.63) is 42.2 Å². The molecule has 0 unspecified atom stereocenters. The summed E-state index contributed by atoms with van der Waals surface area (Å²) in [6.07, 6.45) is -0.506. The van der Waals surface area contributed by atoms with E-state index < -0.39 is 11.7 Å². The average Bonchev–Trinajstić information content (AvgIpc) is 2.26. The zero-order chi connectivity index (χ0) is 14.0. The van der Waals surface area contributed by atoms with Crippen LogP contribution in [0.1, 0.15) is 20.8 Å². The van der Waals surface area contributed by atoms with Crippen molar-refractivity contribution < 1.29 is 13.9 Å². The fourth-order valence-electron chi connectivity index (χ4n) is 1.72. The van der Waals surface area contributed by atoms with E-state index in [9.17, 15) is 9.18 Å². The van der Waals surface area contributed by atoms with Gasteiger partial charge >= 0.3 is 6.09 Å². The van der Waals surface area contributed by atoms with Crippen LogP contribution in [0.3, 0.4) is 0 Å². The van der Waals surface area contributed by atoms with Crippen molar-refractivity contribution in [3.63, 3.8) is 0 Å². The van der Waals surface area contributed by atoms with E-state index in [-0.39, 0.29) is 5.82 Å². The molecule has 0 aliphatic carbocycles. The van der Waals surface area contributed by atoms with Crippen LogP contribution in [0.4, 0.5) is 14.9 Å². The molecule has 0 saturated carbocycles. The molecule has 0 aliphatic rings. The van der Waals surface area contributed by atoms with E-state index >= 15 is 0 Å². The molecule has 0 aromatic heterocycles. The molecule has 0 radical (unpaired) electrons. The Kier molecular flexibility index (Phi) is 3.42. The Morgan fingerprint density at radius 1 is 1.11 bits per heavy atom. The van der Waals surface area contributed by atoms with Crippen LogP contribution in [0.2, 0.25) is 0 Å². The second-order valence-electron chi connectivity index (χ2n) is 5.33. The SMILES string of the molecule is CC(C)(C)OC(=O)Nc1ccc2cc(F)ccc2c1. The molecule has 0 heterocycles. The number of rotatable bonds is 1. The first-order chi connectivity index (χ1) is 8.83. The largest absolute Gasteiger partial charge is 0.444 e. The molecule has 0 aliphatic heterocycles. The lowest BCUT2D eigenvalue weighted by atomic mass is 10.1. The fourth-order valence-corrected chi connectivity index (χ4v) is 1.72. The number of fused-ring (bicyclic) bond motifs is 1. The number of amides is 1. The minimum absolute atomic E-state index is 0.277. The number of nitrogens with one attached hydrogen (secondary N) is 1. The molecule has 2 aromatic carbocycles. The summed E-state index contributed by atoms with van der Waals surface area (Å²) in [4.78, 5) is 11.6. The van der Waals surface area contributed by atoms with Gasteiger partial charge in [0.25, 0.3) is 0 Å². The summed E-state index contributed by atoms with van der Waals surface area (Å²) in [5.41, 5.74) is 0.0812. The maximum absolute atomic E-state index is 13.0. The molecular formula is C15H16FNO2. The van der Waals surface area contributed by atoms with Crippen molar-refractivity contribution in [1.29, 1.82) is 0 Å². The van der Waals surface area contributed by atoms with Gasteiger partial charge in [-0.15, -0.1) is 0 Å². The van der Waals surface area contributed by atoms with Crippen LogP contribution < -0.4 is 5.32 Å². The van der Waals surface area contributed by atoms with Crippen LogP contribution >= 0.6 is 0 Å². The van der Waals surface area contributed by atoms with Gasteiger partial charge in [0.05, 0.1) is 0 Å². The monoisotopic (exact) mass is 261 g/mol. The molecule has 0 atom stereocenters. The van der Waals surface area contributed by atoms with Gasteiger partial charge in [0.15, 0.2) is 0 Å². The molecule has 0 saturated heterocycles. The van der Waals surface area contributed by atoms with Crippen LogP contribution in [0, 0.1) is 5.82 Å². The second-order valence-corrected chi connectivity index (χ2v) is 5.33. The molecule has 3 nitrogen and oxygen atoms in total. The second kappa shape index (κ2) is 4.88. The molecule has 2 rings (SSSR count). The predicted molar refractivity (Wildman–Crippen MR) is 73.8 cm³/mol. The van der Waals surface area contributed by atoms with Crippen molar-refractivity contribution >= 4 is 22.6 Å². The highest BCUT2D eigenvalue weighted by molar-refractivity contribution is 5.91. The topological polar surface area (TPSA) is 38.3 Å². The van der Waals surface area contributed by atoms with Crippen molar-refractivity contribution in [1.82, 2.24) is 0 Å². The summed E-state index contributed by atoms with van der Waals surface area (Å²) in [7, 11) is 0. The fraction of sp³-hybridized carbons (Fsp3) is 0.267. The Morgan fingerprint density at radius 3 is 2.42 bits per heavy atom. The van der Waals surface area contributed by atoms with Crippen LogP contribution in [0.5, 0.6) is 0 Å². The molecule has 19 heavy (non-hydrogen) atoms. The summed E-state index contributed by atoms with van der Waals surface area (Å²) in [6.45, 7) is 5.40. The Morgan fingerprint density at radius 2 is 1.74 bits per heavy atom. The number of anilines is 1. The Balaban J connectivity index is 2.18. The third kappa shape index (κ3) is 3.68. The van der Waals surface area contributed by atoms with Crippen molar-refractivity contribution in [2.24, 2.45) is 0 Å². The number of hydrogen-bond donors (Lipinski definition) is 1. The maximum Gasteiger partial charge on any atom is 0.412 e. The van der Waals surface area contributed by atoms with Crippen LogP contribution in [-0.2, 0) is 4.74 Å². The van der Waals surface area contributed by atoms with Gasteiger partial charge in [-0.3, -0.25) is 5.32 Å². The van der Waals surface area contributed by atoms with Crippen LogP contribution in [0.15, 0.2) is 36.4 Å². The number of halogens is 1. The van der Waals surface area contributed by atoms with Gasteiger partial charge in [-0.1, -0.05) is 12.1 Å². The minimum Gasteiger partial charge on any atom is -0.444 e. The number of carbonyl (C=O) groups excluding carboxylic acids is 1. The van der Waals surface area contributed by atoms with Crippen LogP contribution in [-0.4, -0.2) is 11.7 Å². The molecule has 0 bridgehead atoms. The first kappa shape index (κ1) is 13.3. The quantitative estimate of drug-likeness (QED) is 0.829. The number of hydrogen-bond acceptors (Lipinski definition) is 2. The molecule has 0 spiro atoms. The smallest absolute Gasteiger partial charge is 0.412 e. The zero-order valence-electron chi connectivity index (χ0n) is 11.2. The molecular weight excluding hydrogens is 245 g/mol. The van der Waals surface area contributed by atoms with E-state index in [1.54, 1.807) is 45.0 Å². The van der Waals surface area contributed by atoms with E-state index in [0.29, 0.717) is 5.69 Å². The molecule has 1 amide bonds. The number of ether oxygens (including phenoxy) is 1. The highest BCUT2D eigenvalue weighted by atomic mass is 19.1. The normalized spacial score (nSPS) is 11.4. The van der Waals surface area contributed by atoms with Gasteiger partial charge in [0.1, 0.15) is 11.4 Å². The standard InChI is InChI=1S/C15H16FNO2/c1-15(2,3)19-14(18)17-13-7-5-10-8-12(16)6-4-11(10)9-13/h4-9H,1-3H3,(H,17,18). The highest BCUT2D eigenvalue weighted by Crippen LogP contribution is 2.20. The zero-order valence-corrected chi connectivity index (χ0v) is 11.2. The van der Waals surface area contributed by atoms with Gasteiger partial charge < -0.3 is 4.74 Å². The van der Waals surface area contributed by atoms with Crippen molar-refractivity contribution in [2.75, 3.05) is 5.32 Å². The van der Waals surface area contributed by atoms with Gasteiger partial charge in [0, 0.05) is 5.69 Å². The van der Waals surface area contributed by atoms with Gasteiger partial charge in [0.2, 0.25) is 0 Å². The minimum atomic E-state index is -0.538. The molecule has 4 heteroatoms. The highest BCUT2D eigenvalue weighted by Gasteiger charge is 2.16. The summed E-state index contributed by atoms with van der Waals surface area (Å²) < 4.78 is 18.2. The lowest BCUT2D eigenvalue weighted by Gasteiger charge is -2.19. The lowest BCUT2D eigenvalue weighted by Crippen LogP contribution is -2.27. The van der Waals surface area contributed by atoms with E-state index in [1.165, 1.54) is 12.1 Å². The number of benzene rings is 2. The van der Waals surface area contributed by atoms with Crippen molar-refractivity contribution in [2.45, 2.75) is 26.4 Å². The van der Waals surface area contributed by atoms with E-state index in [2.05, 4.69) is 5.32 Å². The van der Waals surface area contributed by atoms with E-state index in [0.717, 1.165) is 10.8 Å². The summed E-state index contributed by atoms with van der Waals surface area (Å²) in [6, 6.07) is 9.76. The Bertz CT molecular complexity index is 617. The first-order valence-electron chi connectivity index (χ1n) is 6.03.